The molecule has 25 heavy (non-hydrogen) atoms. The summed E-state index contributed by atoms with van der Waals surface area (Å²) in [6, 6.07) is 11.7. The molecule has 1 unspecified atom stereocenters. The van der Waals surface area contributed by atoms with E-state index in [0.29, 0.717) is 24.2 Å². The lowest BCUT2D eigenvalue weighted by molar-refractivity contribution is -0.124. The van der Waals surface area contributed by atoms with Crippen LogP contribution in [0.4, 0.5) is 8.78 Å². The number of aliphatic hydroxyl groups is 1. The van der Waals surface area contributed by atoms with Crippen LogP contribution in [0.25, 0.3) is 0 Å². The minimum Gasteiger partial charge on any atom is -0.491 e. The molecule has 0 bridgehead atoms. The number of carbonyl (C=O) groups excluding carboxylic acids is 1. The molecule has 0 saturated heterocycles. The second-order valence-electron chi connectivity index (χ2n) is 6.19. The lowest BCUT2D eigenvalue weighted by atomic mass is 9.94. The molecule has 6 heteroatoms. The number of carbonyl (C=O) groups is 1. The summed E-state index contributed by atoms with van der Waals surface area (Å²) in [5.41, 5.74) is -0.437. The van der Waals surface area contributed by atoms with Crippen molar-refractivity contribution >= 4 is 5.91 Å². The fraction of sp³-hybridized carbons (Fsp3) is 0.316. The number of ether oxygens (including phenoxy) is 1. The first kappa shape index (κ1) is 17.4. The van der Waals surface area contributed by atoms with Gasteiger partial charge < -0.3 is 15.2 Å². The van der Waals surface area contributed by atoms with E-state index in [-0.39, 0.29) is 24.9 Å². The molecule has 0 aliphatic heterocycles. The van der Waals surface area contributed by atoms with Crippen molar-refractivity contribution in [3.63, 3.8) is 0 Å². The highest BCUT2D eigenvalue weighted by Crippen LogP contribution is 2.49. The summed E-state index contributed by atoms with van der Waals surface area (Å²) in [4.78, 5) is 12.4. The Morgan fingerprint density at radius 1 is 1.16 bits per heavy atom. The first-order valence-electron chi connectivity index (χ1n) is 8.11. The molecular formula is C19H19F2NO3. The zero-order chi connectivity index (χ0) is 17.9. The summed E-state index contributed by atoms with van der Waals surface area (Å²) in [5.74, 6) is -0.631. The van der Waals surface area contributed by atoms with Gasteiger partial charge in [0.05, 0.1) is 5.41 Å². The Hall–Kier alpha value is -2.47. The van der Waals surface area contributed by atoms with Crippen LogP contribution < -0.4 is 10.1 Å². The second-order valence-corrected chi connectivity index (χ2v) is 6.19. The van der Waals surface area contributed by atoms with Gasteiger partial charge in [-0.3, -0.25) is 4.79 Å². The summed E-state index contributed by atoms with van der Waals surface area (Å²) >= 11 is 0. The minimum absolute atomic E-state index is 0.00374. The monoisotopic (exact) mass is 347 g/mol. The normalized spacial score (nSPS) is 16.1. The molecule has 2 N–H and O–H groups in total. The molecule has 132 valence electrons. The van der Waals surface area contributed by atoms with E-state index in [0.717, 1.165) is 0 Å². The highest BCUT2D eigenvalue weighted by atomic mass is 19.1. The molecule has 4 nitrogen and oxygen atoms in total. The lowest BCUT2D eigenvalue weighted by Gasteiger charge is -2.18. The average molecular weight is 347 g/mol. The predicted molar refractivity (Wildman–Crippen MR) is 88.2 cm³/mol. The van der Waals surface area contributed by atoms with Crippen LogP contribution in [0.2, 0.25) is 0 Å². The molecular weight excluding hydrogens is 328 g/mol. The average Bonchev–Trinajstić information content (AvgIpc) is 3.41. The molecule has 1 atom stereocenters. The van der Waals surface area contributed by atoms with Gasteiger partial charge in [0.2, 0.25) is 5.91 Å². The standard InChI is InChI=1S/C19H19F2NO3/c20-13-5-7-15(8-6-13)25-12-14(23)11-22-18(24)19(9-10-19)16-3-1-2-4-17(16)21/h1-8,14,23H,9-12H2,(H,22,24). The zero-order valence-corrected chi connectivity index (χ0v) is 13.5. The van der Waals surface area contributed by atoms with Crippen molar-refractivity contribution in [2.24, 2.45) is 0 Å². The van der Waals surface area contributed by atoms with Crippen molar-refractivity contribution in [1.82, 2.24) is 5.32 Å². The third-order valence-electron chi connectivity index (χ3n) is 4.33. The van der Waals surface area contributed by atoms with Gasteiger partial charge in [-0.05, 0) is 43.2 Å². The molecule has 2 aromatic carbocycles. The Kier molecular flexibility index (Phi) is 4.99. The maximum absolute atomic E-state index is 13.9. The van der Waals surface area contributed by atoms with Crippen LogP contribution in [0.5, 0.6) is 5.75 Å². The molecule has 0 heterocycles. The first-order chi connectivity index (χ1) is 12.0. The van der Waals surface area contributed by atoms with Gasteiger partial charge in [-0.15, -0.1) is 0 Å². The van der Waals surface area contributed by atoms with E-state index in [9.17, 15) is 18.7 Å². The van der Waals surface area contributed by atoms with E-state index < -0.39 is 17.3 Å². The Bertz CT molecular complexity index is 745. The molecule has 1 aliphatic carbocycles. The molecule has 1 amide bonds. The van der Waals surface area contributed by atoms with Crippen molar-refractivity contribution < 1.29 is 23.4 Å². The Morgan fingerprint density at radius 3 is 2.48 bits per heavy atom. The van der Waals surface area contributed by atoms with Crippen LogP contribution >= 0.6 is 0 Å². The fourth-order valence-electron chi connectivity index (χ4n) is 2.75. The predicted octanol–water partition coefficient (Wildman–Crippen LogP) is 2.55. The van der Waals surface area contributed by atoms with Gasteiger partial charge in [0, 0.05) is 12.1 Å². The third kappa shape index (κ3) is 3.96. The maximum atomic E-state index is 13.9. The minimum atomic E-state index is -0.926. The molecule has 1 fully saturated rings. The van der Waals surface area contributed by atoms with Crippen LogP contribution in [0, 0.1) is 11.6 Å². The first-order valence-corrected chi connectivity index (χ1v) is 8.11. The highest BCUT2D eigenvalue weighted by molar-refractivity contribution is 5.91. The van der Waals surface area contributed by atoms with E-state index in [2.05, 4.69) is 5.32 Å². The SMILES string of the molecule is O=C(NCC(O)COc1ccc(F)cc1)C1(c2ccccc2F)CC1. The molecule has 3 rings (SSSR count). The van der Waals surface area contributed by atoms with Crippen LogP contribution in [0.15, 0.2) is 48.5 Å². The van der Waals surface area contributed by atoms with Crippen LogP contribution in [-0.2, 0) is 10.2 Å². The summed E-state index contributed by atoms with van der Waals surface area (Å²) in [6.45, 7) is -0.0468. The van der Waals surface area contributed by atoms with Gasteiger partial charge in [-0.1, -0.05) is 18.2 Å². The molecule has 0 radical (unpaired) electrons. The quantitative estimate of drug-likeness (QED) is 0.809. The third-order valence-corrected chi connectivity index (χ3v) is 4.33. The van der Waals surface area contributed by atoms with Crippen molar-refractivity contribution in [2.45, 2.75) is 24.4 Å². The van der Waals surface area contributed by atoms with Crippen molar-refractivity contribution in [3.8, 4) is 5.75 Å². The molecule has 0 spiro atoms. The van der Waals surface area contributed by atoms with E-state index in [1.165, 1.54) is 30.3 Å². The van der Waals surface area contributed by atoms with E-state index in [4.69, 9.17) is 4.74 Å². The molecule has 1 aliphatic rings. The van der Waals surface area contributed by atoms with E-state index in [1.807, 2.05) is 0 Å². The van der Waals surface area contributed by atoms with Gasteiger partial charge in [0.25, 0.3) is 0 Å². The lowest BCUT2D eigenvalue weighted by Crippen LogP contribution is -2.41. The zero-order valence-electron chi connectivity index (χ0n) is 13.5. The number of hydrogen-bond acceptors (Lipinski definition) is 3. The smallest absolute Gasteiger partial charge is 0.230 e. The van der Waals surface area contributed by atoms with E-state index in [1.54, 1.807) is 18.2 Å². The summed E-state index contributed by atoms with van der Waals surface area (Å²) in [6.07, 6.45) is 0.245. The van der Waals surface area contributed by atoms with Crippen LogP contribution in [-0.4, -0.2) is 30.3 Å². The molecule has 0 aromatic heterocycles. The topological polar surface area (TPSA) is 58.6 Å². The van der Waals surface area contributed by atoms with Crippen molar-refractivity contribution in [3.05, 3.63) is 65.7 Å². The Morgan fingerprint density at radius 2 is 1.84 bits per heavy atom. The number of nitrogens with one attached hydrogen (secondary N) is 1. The number of rotatable bonds is 7. The molecule has 1 saturated carbocycles. The molecule has 2 aromatic rings. The van der Waals surface area contributed by atoms with Gasteiger partial charge in [-0.25, -0.2) is 8.78 Å². The van der Waals surface area contributed by atoms with Crippen LogP contribution in [0.1, 0.15) is 18.4 Å². The summed E-state index contributed by atoms with van der Waals surface area (Å²) < 4.78 is 32.1. The Labute approximate surface area is 144 Å². The van der Waals surface area contributed by atoms with Gasteiger partial charge in [0.15, 0.2) is 0 Å². The number of halogens is 2. The number of amides is 1. The van der Waals surface area contributed by atoms with E-state index >= 15 is 0 Å². The van der Waals surface area contributed by atoms with Crippen molar-refractivity contribution in [2.75, 3.05) is 13.2 Å². The largest absolute Gasteiger partial charge is 0.491 e. The van der Waals surface area contributed by atoms with Crippen LogP contribution in [0.3, 0.4) is 0 Å². The fourth-order valence-corrected chi connectivity index (χ4v) is 2.75. The number of hydrogen-bond donors (Lipinski definition) is 2. The summed E-state index contributed by atoms with van der Waals surface area (Å²) in [7, 11) is 0. The van der Waals surface area contributed by atoms with Gasteiger partial charge >= 0.3 is 0 Å². The maximum Gasteiger partial charge on any atom is 0.230 e. The highest BCUT2D eigenvalue weighted by Gasteiger charge is 2.52. The van der Waals surface area contributed by atoms with Gasteiger partial charge in [-0.2, -0.15) is 0 Å². The summed E-state index contributed by atoms with van der Waals surface area (Å²) in [5, 5.41) is 12.6. The van der Waals surface area contributed by atoms with Gasteiger partial charge in [0.1, 0.15) is 30.1 Å². The number of aliphatic hydroxyl groups excluding tert-OH is 1. The number of benzene rings is 2. The Balaban J connectivity index is 1.50. The second kappa shape index (κ2) is 7.19. The van der Waals surface area contributed by atoms with Crippen molar-refractivity contribution in [1.29, 1.82) is 0 Å².